The number of rotatable bonds is 3. The fourth-order valence-electron chi connectivity index (χ4n) is 1.50. The summed E-state index contributed by atoms with van der Waals surface area (Å²) < 4.78 is 0. The molecule has 0 unspecified atom stereocenters. The number of aromatic nitrogens is 1. The highest BCUT2D eigenvalue weighted by Gasteiger charge is 2.11. The normalized spacial score (nSPS) is 10.3. The molecule has 0 aliphatic carbocycles. The summed E-state index contributed by atoms with van der Waals surface area (Å²) in [5.74, 6) is -1.68. The van der Waals surface area contributed by atoms with Crippen molar-refractivity contribution in [2.45, 2.75) is 0 Å². The number of pyridine rings is 1. The van der Waals surface area contributed by atoms with Crippen molar-refractivity contribution in [3.8, 4) is 0 Å². The number of nitrogens with zero attached hydrogens (tertiary/aromatic N) is 1. The van der Waals surface area contributed by atoms with E-state index in [1.807, 2.05) is 6.07 Å². The van der Waals surface area contributed by atoms with E-state index < -0.39 is 18.4 Å². The van der Waals surface area contributed by atoms with Crippen LogP contribution >= 0.6 is 11.6 Å². The van der Waals surface area contributed by atoms with Gasteiger partial charge >= 0.3 is 5.97 Å². The second-order valence-corrected chi connectivity index (χ2v) is 3.99. The number of benzene rings is 1. The van der Waals surface area contributed by atoms with Gasteiger partial charge in [0, 0.05) is 5.39 Å². The van der Waals surface area contributed by atoms with E-state index in [1.54, 1.807) is 18.2 Å². The molecule has 18 heavy (non-hydrogen) atoms. The Kier molecular flexibility index (Phi) is 3.43. The Bertz CT molecular complexity index is 628. The zero-order valence-corrected chi connectivity index (χ0v) is 9.94. The molecule has 1 aromatic heterocycles. The van der Waals surface area contributed by atoms with Crippen LogP contribution in [0.5, 0.6) is 0 Å². The molecule has 1 heterocycles. The number of amides is 1. The highest BCUT2D eigenvalue weighted by atomic mass is 35.5. The smallest absolute Gasteiger partial charge is 0.322 e. The Morgan fingerprint density at radius 3 is 2.78 bits per heavy atom. The number of halogens is 1. The van der Waals surface area contributed by atoms with Crippen LogP contribution in [0.2, 0.25) is 5.02 Å². The van der Waals surface area contributed by atoms with Gasteiger partial charge in [-0.2, -0.15) is 0 Å². The predicted molar refractivity (Wildman–Crippen MR) is 66.7 cm³/mol. The van der Waals surface area contributed by atoms with Crippen LogP contribution in [0, 0.1) is 0 Å². The number of hydrogen-bond acceptors (Lipinski definition) is 3. The molecule has 0 saturated heterocycles. The van der Waals surface area contributed by atoms with Gasteiger partial charge in [0.05, 0.1) is 10.5 Å². The summed E-state index contributed by atoms with van der Waals surface area (Å²) in [5.41, 5.74) is 0.686. The molecule has 2 N–H and O–H groups in total. The average molecular weight is 265 g/mol. The number of hydrogen-bond donors (Lipinski definition) is 2. The van der Waals surface area contributed by atoms with Crippen LogP contribution in [0.25, 0.3) is 10.9 Å². The third-order valence-corrected chi connectivity index (χ3v) is 2.61. The van der Waals surface area contributed by atoms with E-state index >= 15 is 0 Å². The van der Waals surface area contributed by atoms with Gasteiger partial charge in [-0.15, -0.1) is 0 Å². The molecule has 5 nitrogen and oxygen atoms in total. The maximum absolute atomic E-state index is 11.6. The summed E-state index contributed by atoms with van der Waals surface area (Å²) in [4.78, 5) is 26.1. The van der Waals surface area contributed by atoms with Gasteiger partial charge in [-0.05, 0) is 12.1 Å². The van der Waals surface area contributed by atoms with E-state index in [4.69, 9.17) is 16.7 Å². The fourth-order valence-corrected chi connectivity index (χ4v) is 1.76. The van der Waals surface area contributed by atoms with Crippen LogP contribution in [0.1, 0.15) is 10.5 Å². The Labute approximate surface area is 107 Å². The van der Waals surface area contributed by atoms with E-state index in [0.29, 0.717) is 10.5 Å². The van der Waals surface area contributed by atoms with Crippen molar-refractivity contribution in [2.24, 2.45) is 0 Å². The topological polar surface area (TPSA) is 79.3 Å². The Balaban J connectivity index is 2.34. The highest BCUT2D eigenvalue weighted by Crippen LogP contribution is 2.22. The van der Waals surface area contributed by atoms with E-state index in [2.05, 4.69) is 10.3 Å². The minimum atomic E-state index is -1.12. The summed E-state index contributed by atoms with van der Waals surface area (Å²) in [6.07, 6.45) is 0. The van der Waals surface area contributed by atoms with Gasteiger partial charge in [0.25, 0.3) is 5.91 Å². The lowest BCUT2D eigenvalue weighted by Crippen LogP contribution is -2.29. The first kappa shape index (κ1) is 12.3. The number of aliphatic carboxylic acids is 1. The third-order valence-electron chi connectivity index (χ3n) is 2.30. The lowest BCUT2D eigenvalue weighted by Gasteiger charge is -2.05. The summed E-state index contributed by atoms with van der Waals surface area (Å²) in [5, 5.41) is 11.9. The largest absolute Gasteiger partial charge is 0.480 e. The number of fused-ring (bicyclic) bond motifs is 1. The zero-order valence-electron chi connectivity index (χ0n) is 9.18. The maximum atomic E-state index is 11.6. The molecule has 0 fully saturated rings. The first-order chi connectivity index (χ1) is 8.58. The summed E-state index contributed by atoms with van der Waals surface area (Å²) >= 11 is 6.03. The van der Waals surface area contributed by atoms with Gasteiger partial charge in [-0.1, -0.05) is 29.8 Å². The molecule has 0 aliphatic rings. The molecule has 0 aliphatic heterocycles. The minimum Gasteiger partial charge on any atom is -0.480 e. The Morgan fingerprint density at radius 2 is 2.06 bits per heavy atom. The van der Waals surface area contributed by atoms with Crippen LogP contribution in [-0.2, 0) is 4.79 Å². The van der Waals surface area contributed by atoms with E-state index in [0.717, 1.165) is 5.39 Å². The van der Waals surface area contributed by atoms with Crippen LogP contribution in [0.4, 0.5) is 0 Å². The molecule has 1 amide bonds. The van der Waals surface area contributed by atoms with E-state index in [1.165, 1.54) is 6.07 Å². The second kappa shape index (κ2) is 5.01. The monoisotopic (exact) mass is 264 g/mol. The van der Waals surface area contributed by atoms with Gasteiger partial charge in [-0.25, -0.2) is 4.98 Å². The molecule has 2 aromatic rings. The highest BCUT2D eigenvalue weighted by molar-refractivity contribution is 6.35. The molecule has 6 heteroatoms. The molecule has 1 aromatic carbocycles. The van der Waals surface area contributed by atoms with Crippen LogP contribution in [0.3, 0.4) is 0 Å². The van der Waals surface area contributed by atoms with Crippen molar-refractivity contribution in [3.05, 3.63) is 41.0 Å². The predicted octanol–water partition coefficient (Wildman–Crippen LogP) is 1.70. The van der Waals surface area contributed by atoms with Crippen LogP contribution in [-0.4, -0.2) is 28.5 Å². The first-order valence-corrected chi connectivity index (χ1v) is 5.51. The molecular formula is C12H9ClN2O3. The minimum absolute atomic E-state index is 0.0972. The van der Waals surface area contributed by atoms with Gasteiger partial charge in [0.15, 0.2) is 0 Å². The van der Waals surface area contributed by atoms with Crippen molar-refractivity contribution in [1.82, 2.24) is 10.3 Å². The van der Waals surface area contributed by atoms with Crippen molar-refractivity contribution in [2.75, 3.05) is 6.54 Å². The molecular weight excluding hydrogens is 256 g/mol. The summed E-state index contributed by atoms with van der Waals surface area (Å²) in [7, 11) is 0. The van der Waals surface area contributed by atoms with Gasteiger partial charge < -0.3 is 10.4 Å². The Hall–Kier alpha value is -2.14. The SMILES string of the molecule is O=C(O)CNC(=O)c1cc(Cl)c2ccccc2n1. The number of para-hydroxylation sites is 1. The van der Waals surface area contributed by atoms with Crippen LogP contribution in [0.15, 0.2) is 30.3 Å². The number of carboxylic acid groups (broad SMARTS) is 1. The number of nitrogens with one attached hydrogen (secondary N) is 1. The molecule has 0 saturated carbocycles. The summed E-state index contributed by atoms with van der Waals surface area (Å²) in [6.45, 7) is -0.453. The lowest BCUT2D eigenvalue weighted by molar-refractivity contribution is -0.135. The van der Waals surface area contributed by atoms with Gasteiger partial charge in [0.1, 0.15) is 12.2 Å². The number of carbonyl (C=O) groups is 2. The van der Waals surface area contributed by atoms with Gasteiger partial charge in [0.2, 0.25) is 0 Å². The van der Waals surface area contributed by atoms with Gasteiger partial charge in [-0.3, -0.25) is 9.59 Å². The number of carboxylic acids is 1. The van der Waals surface area contributed by atoms with E-state index in [-0.39, 0.29) is 5.69 Å². The first-order valence-electron chi connectivity index (χ1n) is 5.13. The van der Waals surface area contributed by atoms with Crippen molar-refractivity contribution in [1.29, 1.82) is 0 Å². The quantitative estimate of drug-likeness (QED) is 0.884. The van der Waals surface area contributed by atoms with Crippen molar-refractivity contribution >= 4 is 34.4 Å². The van der Waals surface area contributed by atoms with Crippen LogP contribution < -0.4 is 5.32 Å². The second-order valence-electron chi connectivity index (χ2n) is 3.58. The lowest BCUT2D eigenvalue weighted by atomic mass is 10.2. The molecule has 0 radical (unpaired) electrons. The molecule has 0 atom stereocenters. The van der Waals surface area contributed by atoms with Crippen molar-refractivity contribution < 1.29 is 14.7 Å². The fraction of sp³-hybridized carbons (Fsp3) is 0.0833. The van der Waals surface area contributed by atoms with Crippen molar-refractivity contribution in [3.63, 3.8) is 0 Å². The standard InChI is InChI=1S/C12H9ClN2O3/c13-8-5-10(12(18)14-6-11(16)17)15-9-4-2-1-3-7(8)9/h1-5H,6H2,(H,14,18)(H,16,17). The summed E-state index contributed by atoms with van der Waals surface area (Å²) in [6, 6.07) is 8.55. The maximum Gasteiger partial charge on any atom is 0.322 e. The molecule has 0 spiro atoms. The molecule has 2 rings (SSSR count). The zero-order chi connectivity index (χ0) is 13.1. The molecule has 92 valence electrons. The van der Waals surface area contributed by atoms with E-state index in [9.17, 15) is 9.59 Å². The molecule has 0 bridgehead atoms. The Morgan fingerprint density at radius 1 is 1.33 bits per heavy atom. The third kappa shape index (κ3) is 2.57. The number of carbonyl (C=O) groups excluding carboxylic acids is 1. The average Bonchev–Trinajstić information content (AvgIpc) is 2.36.